The number of rotatable bonds is 10. The third-order valence-electron chi connectivity index (χ3n) is 6.36. The van der Waals surface area contributed by atoms with Gasteiger partial charge >= 0.3 is 5.97 Å². The van der Waals surface area contributed by atoms with Gasteiger partial charge in [-0.2, -0.15) is 0 Å². The molecule has 172 valence electrons. The number of hydrogen-bond acceptors (Lipinski definition) is 6. The first-order valence-electron chi connectivity index (χ1n) is 11.3. The second-order valence-corrected chi connectivity index (χ2v) is 8.83. The molecule has 0 saturated heterocycles. The monoisotopic (exact) mass is 440 g/mol. The van der Waals surface area contributed by atoms with Crippen molar-refractivity contribution in [2.75, 3.05) is 0 Å². The zero-order valence-corrected chi connectivity index (χ0v) is 19.3. The van der Waals surface area contributed by atoms with Gasteiger partial charge in [0.2, 0.25) is 0 Å². The Morgan fingerprint density at radius 3 is 2.53 bits per heavy atom. The number of ketones is 2. The van der Waals surface area contributed by atoms with Crippen molar-refractivity contribution in [2.45, 2.75) is 83.8 Å². The van der Waals surface area contributed by atoms with Crippen LogP contribution >= 0.6 is 0 Å². The Morgan fingerprint density at radius 2 is 1.88 bits per heavy atom. The van der Waals surface area contributed by atoms with E-state index < -0.39 is 17.2 Å². The number of carbonyl (C=O) groups is 3. The average molecular weight is 441 g/mol. The molecule has 2 unspecified atom stereocenters. The quantitative estimate of drug-likeness (QED) is 0.304. The Labute approximate surface area is 189 Å². The first kappa shape index (κ1) is 23.9. The number of aliphatic hydroxyl groups is 1. The molecule has 2 atom stereocenters. The van der Waals surface area contributed by atoms with E-state index in [1.807, 2.05) is 13.0 Å². The molecule has 0 bridgehead atoms. The van der Waals surface area contributed by atoms with Crippen molar-refractivity contribution < 1.29 is 29.0 Å². The molecule has 6 nitrogen and oxygen atoms in total. The van der Waals surface area contributed by atoms with E-state index in [0.29, 0.717) is 28.9 Å². The van der Waals surface area contributed by atoms with Crippen LogP contribution in [0, 0.1) is 0 Å². The first-order chi connectivity index (χ1) is 15.2. The number of allylic oxidation sites excluding steroid dienone is 3. The molecule has 0 aromatic rings. The second kappa shape index (κ2) is 9.41. The van der Waals surface area contributed by atoms with Crippen LogP contribution in [0.2, 0.25) is 0 Å². The van der Waals surface area contributed by atoms with Crippen molar-refractivity contribution >= 4 is 17.5 Å². The lowest BCUT2D eigenvalue weighted by atomic mass is 9.64. The minimum absolute atomic E-state index is 0.0241. The molecule has 0 spiro atoms. The van der Waals surface area contributed by atoms with Crippen LogP contribution in [-0.4, -0.2) is 33.8 Å². The highest BCUT2D eigenvalue weighted by Crippen LogP contribution is 2.53. The van der Waals surface area contributed by atoms with Crippen molar-refractivity contribution in [3.63, 3.8) is 0 Å². The summed E-state index contributed by atoms with van der Waals surface area (Å²) < 4.78 is 11.3. The predicted octanol–water partition coefficient (Wildman–Crippen LogP) is 4.55. The van der Waals surface area contributed by atoms with Crippen LogP contribution in [0.15, 0.2) is 58.6 Å². The summed E-state index contributed by atoms with van der Waals surface area (Å²) in [6, 6.07) is 0. The molecule has 1 aliphatic carbocycles. The molecule has 0 radical (unpaired) electrons. The van der Waals surface area contributed by atoms with Gasteiger partial charge in [-0.3, -0.25) is 9.59 Å². The summed E-state index contributed by atoms with van der Waals surface area (Å²) in [7, 11) is 0. The third kappa shape index (κ3) is 4.16. The summed E-state index contributed by atoms with van der Waals surface area (Å²) in [5, 5.41) is 11.8. The molecule has 2 aliphatic heterocycles. The maximum absolute atomic E-state index is 13.0. The van der Waals surface area contributed by atoms with Crippen LogP contribution in [0.3, 0.4) is 0 Å². The van der Waals surface area contributed by atoms with Crippen LogP contribution in [-0.2, 0) is 23.9 Å². The minimum Gasteiger partial charge on any atom is -0.465 e. The van der Waals surface area contributed by atoms with E-state index in [9.17, 15) is 19.5 Å². The first-order valence-corrected chi connectivity index (χ1v) is 11.3. The van der Waals surface area contributed by atoms with Gasteiger partial charge in [0.05, 0.1) is 6.26 Å². The number of ether oxygens (including phenoxy) is 2. The fraction of sp³-hybridized carbons (Fsp3) is 0.500. The summed E-state index contributed by atoms with van der Waals surface area (Å²) in [4.78, 5) is 38.0. The summed E-state index contributed by atoms with van der Waals surface area (Å²) in [6.07, 6.45) is 13.3. The van der Waals surface area contributed by atoms with E-state index in [-0.39, 0.29) is 30.0 Å². The minimum atomic E-state index is -1.85. The highest BCUT2D eigenvalue weighted by molar-refractivity contribution is 6.20. The van der Waals surface area contributed by atoms with Crippen LogP contribution in [0.5, 0.6) is 0 Å². The summed E-state index contributed by atoms with van der Waals surface area (Å²) in [5.41, 5.74) is -2.16. The van der Waals surface area contributed by atoms with Crippen molar-refractivity contribution in [3.05, 3.63) is 58.6 Å². The summed E-state index contributed by atoms with van der Waals surface area (Å²) >= 11 is 0. The normalized spacial score (nSPS) is 26.7. The average Bonchev–Trinajstić information content (AvgIpc) is 2.98. The maximum Gasteiger partial charge on any atom is 0.343 e. The van der Waals surface area contributed by atoms with Gasteiger partial charge in [0, 0.05) is 24.0 Å². The molecule has 6 heteroatoms. The molecule has 0 aromatic carbocycles. The Hall–Kier alpha value is -2.73. The van der Waals surface area contributed by atoms with Crippen molar-refractivity contribution in [3.8, 4) is 0 Å². The van der Waals surface area contributed by atoms with Gasteiger partial charge < -0.3 is 14.6 Å². The van der Waals surface area contributed by atoms with E-state index in [4.69, 9.17) is 9.47 Å². The van der Waals surface area contributed by atoms with Crippen molar-refractivity contribution in [1.29, 1.82) is 0 Å². The van der Waals surface area contributed by atoms with Gasteiger partial charge in [0.25, 0.3) is 0 Å². The predicted molar refractivity (Wildman–Crippen MR) is 120 cm³/mol. The number of fused-ring (bicyclic) bond motifs is 2. The van der Waals surface area contributed by atoms with Gasteiger partial charge in [0.1, 0.15) is 22.7 Å². The molecule has 1 N–H and O–H groups in total. The highest BCUT2D eigenvalue weighted by Gasteiger charge is 2.63. The lowest BCUT2D eigenvalue weighted by Gasteiger charge is -2.46. The molecule has 0 saturated carbocycles. The smallest absolute Gasteiger partial charge is 0.343 e. The molecule has 2 heterocycles. The lowest BCUT2D eigenvalue weighted by Crippen LogP contribution is -2.58. The maximum atomic E-state index is 13.0. The van der Waals surface area contributed by atoms with E-state index in [0.717, 1.165) is 25.7 Å². The van der Waals surface area contributed by atoms with Gasteiger partial charge in [-0.25, -0.2) is 4.79 Å². The Balaban J connectivity index is 2.07. The lowest BCUT2D eigenvalue weighted by molar-refractivity contribution is -0.167. The summed E-state index contributed by atoms with van der Waals surface area (Å²) in [5.74, 6) is -0.766. The SMILES string of the molecule is CC=CC1=CC2=CC3=C(C(=O)CCCCCCC)C(=O)OC3(C)C(O)(CC(C)=O)C2=CO1. The molecule has 32 heavy (non-hydrogen) atoms. The molecular formula is C26H32O6. The second-order valence-electron chi connectivity index (χ2n) is 8.83. The van der Waals surface area contributed by atoms with Crippen LogP contribution in [0.1, 0.15) is 72.6 Å². The molecular weight excluding hydrogens is 408 g/mol. The van der Waals surface area contributed by atoms with Gasteiger partial charge in [0.15, 0.2) is 11.4 Å². The van der Waals surface area contributed by atoms with Crippen LogP contribution in [0.4, 0.5) is 0 Å². The number of esters is 1. The van der Waals surface area contributed by atoms with E-state index >= 15 is 0 Å². The van der Waals surface area contributed by atoms with Crippen molar-refractivity contribution in [1.82, 2.24) is 0 Å². The molecule has 3 rings (SSSR count). The zero-order valence-electron chi connectivity index (χ0n) is 19.3. The molecule has 0 amide bonds. The molecule has 0 fully saturated rings. The van der Waals surface area contributed by atoms with Gasteiger partial charge in [-0.05, 0) is 51.0 Å². The van der Waals surface area contributed by atoms with Gasteiger partial charge in [-0.15, -0.1) is 0 Å². The number of unbranched alkanes of at least 4 members (excludes halogenated alkanes) is 4. The third-order valence-corrected chi connectivity index (χ3v) is 6.36. The Bertz CT molecular complexity index is 976. The highest BCUT2D eigenvalue weighted by atomic mass is 16.6. The topological polar surface area (TPSA) is 89.9 Å². The number of hydrogen-bond donors (Lipinski definition) is 1. The molecule has 0 aromatic heterocycles. The van der Waals surface area contributed by atoms with E-state index in [2.05, 4.69) is 6.92 Å². The van der Waals surface area contributed by atoms with E-state index in [1.54, 1.807) is 25.2 Å². The van der Waals surface area contributed by atoms with Gasteiger partial charge in [-0.1, -0.05) is 38.7 Å². The Kier molecular flexibility index (Phi) is 7.03. The fourth-order valence-electron chi connectivity index (χ4n) is 4.64. The molecule has 3 aliphatic rings. The van der Waals surface area contributed by atoms with Crippen molar-refractivity contribution in [2.24, 2.45) is 0 Å². The number of carbonyl (C=O) groups excluding carboxylic acids is 3. The zero-order chi connectivity index (χ0) is 23.5. The van der Waals surface area contributed by atoms with Crippen LogP contribution < -0.4 is 0 Å². The largest absolute Gasteiger partial charge is 0.465 e. The number of Topliss-reactive ketones (excluding diaryl/α,β-unsaturated/α-hetero) is 2. The van der Waals surface area contributed by atoms with E-state index in [1.165, 1.54) is 13.2 Å². The standard InChI is InChI=1S/C26H32O6/c1-5-7-8-9-10-12-22(28)23-20-14-18-13-19(11-6-2)31-16-21(18)26(30,15-17(3)27)25(20,4)32-24(23)29/h6,11,13-14,16,30H,5,7-10,12,15H2,1-4H3. The Morgan fingerprint density at radius 1 is 1.16 bits per heavy atom. The fourth-order valence-corrected chi connectivity index (χ4v) is 4.64. The van der Waals surface area contributed by atoms with Crippen LogP contribution in [0.25, 0.3) is 0 Å². The summed E-state index contributed by atoms with van der Waals surface area (Å²) in [6.45, 7) is 6.91.